The van der Waals surface area contributed by atoms with Gasteiger partial charge in [0.15, 0.2) is 0 Å². The van der Waals surface area contributed by atoms with Gasteiger partial charge in [-0.05, 0) is 56.2 Å². The van der Waals surface area contributed by atoms with E-state index in [0.717, 1.165) is 11.1 Å². The highest BCUT2D eigenvalue weighted by Crippen LogP contribution is 2.26. The lowest BCUT2D eigenvalue weighted by molar-refractivity contribution is -0.136. The van der Waals surface area contributed by atoms with E-state index in [1.54, 1.807) is 45.0 Å². The van der Waals surface area contributed by atoms with Crippen LogP contribution in [0.1, 0.15) is 20.8 Å². The van der Waals surface area contributed by atoms with Crippen molar-refractivity contribution in [2.24, 2.45) is 0 Å². The van der Waals surface area contributed by atoms with Crippen LogP contribution in [0.25, 0.3) is 11.1 Å². The van der Waals surface area contributed by atoms with Crippen molar-refractivity contribution in [2.45, 2.75) is 25.1 Å². The van der Waals surface area contributed by atoms with E-state index in [-0.39, 0.29) is 5.97 Å². The third-order valence-electron chi connectivity index (χ3n) is 3.30. The predicted octanol–water partition coefficient (Wildman–Crippen LogP) is 4.91. The van der Waals surface area contributed by atoms with E-state index in [4.69, 9.17) is 9.47 Å². The summed E-state index contributed by atoms with van der Waals surface area (Å²) >= 11 is 3.27. The molecular formula is C20H19BrO4. The van der Waals surface area contributed by atoms with E-state index in [0.29, 0.717) is 17.1 Å². The quantitative estimate of drug-likeness (QED) is 0.308. The molecule has 0 aliphatic heterocycles. The van der Waals surface area contributed by atoms with Crippen LogP contribution in [0.2, 0.25) is 0 Å². The van der Waals surface area contributed by atoms with Gasteiger partial charge in [-0.2, -0.15) is 0 Å². The summed E-state index contributed by atoms with van der Waals surface area (Å²) in [7, 11) is 0. The Balaban J connectivity index is 2.08. The fourth-order valence-corrected chi connectivity index (χ4v) is 1.93. The van der Waals surface area contributed by atoms with Gasteiger partial charge in [0.25, 0.3) is 0 Å². The molecule has 0 fully saturated rings. The zero-order valence-electron chi connectivity index (χ0n) is 14.3. The number of alkyl halides is 1. The van der Waals surface area contributed by atoms with Crippen LogP contribution in [0.15, 0.2) is 60.7 Å². The molecule has 4 nitrogen and oxygen atoms in total. The molecule has 130 valence electrons. The third kappa shape index (κ3) is 5.29. The lowest BCUT2D eigenvalue weighted by Gasteiger charge is -2.14. The molecule has 0 radical (unpaired) electrons. The van der Waals surface area contributed by atoms with Gasteiger partial charge in [0.05, 0.1) is 0 Å². The Bertz CT molecular complexity index is 784. The summed E-state index contributed by atoms with van der Waals surface area (Å²) in [5, 5.41) is 0. The standard InChI is InChI=1S/C20H19BrO4/c1-13(2)18(22)24-16-9-5-14(6-10-16)15-7-11-17(12-8-15)25-19(23)20(3,4)21/h5-12H,1H2,2-4H3. The van der Waals surface area contributed by atoms with Crippen LogP contribution < -0.4 is 9.47 Å². The molecule has 0 unspecified atom stereocenters. The molecule has 0 aliphatic rings. The molecule has 25 heavy (non-hydrogen) atoms. The number of ether oxygens (including phenoxy) is 2. The maximum Gasteiger partial charge on any atom is 0.338 e. The van der Waals surface area contributed by atoms with Gasteiger partial charge in [0.2, 0.25) is 0 Å². The van der Waals surface area contributed by atoms with Crippen molar-refractivity contribution < 1.29 is 19.1 Å². The third-order valence-corrected chi connectivity index (χ3v) is 3.62. The average molecular weight is 403 g/mol. The summed E-state index contributed by atoms with van der Waals surface area (Å²) in [4.78, 5) is 23.3. The summed E-state index contributed by atoms with van der Waals surface area (Å²) in [5.74, 6) is 0.132. The minimum atomic E-state index is -0.733. The molecule has 0 saturated heterocycles. The van der Waals surface area contributed by atoms with Gasteiger partial charge in [0, 0.05) is 5.57 Å². The number of rotatable bonds is 5. The maximum atomic E-state index is 11.8. The van der Waals surface area contributed by atoms with E-state index in [1.807, 2.05) is 24.3 Å². The second-order valence-corrected chi connectivity index (χ2v) is 8.06. The average Bonchev–Trinajstić information content (AvgIpc) is 2.55. The van der Waals surface area contributed by atoms with Crippen molar-refractivity contribution in [1.82, 2.24) is 0 Å². The number of carbonyl (C=O) groups is 2. The molecule has 5 heteroatoms. The molecule has 0 bridgehead atoms. The van der Waals surface area contributed by atoms with Crippen LogP contribution in [-0.2, 0) is 9.59 Å². The lowest BCUT2D eigenvalue weighted by Crippen LogP contribution is -2.29. The Kier molecular flexibility index (Phi) is 5.80. The molecule has 0 saturated carbocycles. The highest BCUT2D eigenvalue weighted by Gasteiger charge is 2.25. The number of hydrogen-bond donors (Lipinski definition) is 0. The second kappa shape index (κ2) is 7.66. The normalized spacial score (nSPS) is 10.9. The van der Waals surface area contributed by atoms with Crippen LogP contribution in [-0.4, -0.2) is 16.3 Å². The minimum absolute atomic E-state index is 0.348. The molecule has 0 aliphatic carbocycles. The van der Waals surface area contributed by atoms with Crippen LogP contribution in [0.3, 0.4) is 0 Å². The van der Waals surface area contributed by atoms with E-state index in [9.17, 15) is 9.59 Å². The van der Waals surface area contributed by atoms with Crippen molar-refractivity contribution in [3.63, 3.8) is 0 Å². The van der Waals surface area contributed by atoms with Crippen LogP contribution in [0.4, 0.5) is 0 Å². The van der Waals surface area contributed by atoms with Gasteiger partial charge in [0.1, 0.15) is 15.8 Å². The summed E-state index contributed by atoms with van der Waals surface area (Å²) in [6.07, 6.45) is 0. The first-order valence-electron chi connectivity index (χ1n) is 7.66. The zero-order chi connectivity index (χ0) is 18.6. The molecule has 2 aromatic carbocycles. The molecule has 0 atom stereocenters. The van der Waals surface area contributed by atoms with Crippen LogP contribution in [0, 0.1) is 0 Å². The molecule has 0 amide bonds. The summed E-state index contributed by atoms with van der Waals surface area (Å²) in [6, 6.07) is 14.3. The highest BCUT2D eigenvalue weighted by atomic mass is 79.9. The summed E-state index contributed by atoms with van der Waals surface area (Å²) < 4.78 is 9.73. The zero-order valence-corrected chi connectivity index (χ0v) is 15.9. The number of halogens is 1. The number of benzene rings is 2. The monoisotopic (exact) mass is 402 g/mol. The van der Waals surface area contributed by atoms with Crippen LogP contribution >= 0.6 is 15.9 Å². The van der Waals surface area contributed by atoms with E-state index < -0.39 is 10.3 Å². The Morgan fingerprint density at radius 1 is 0.880 bits per heavy atom. The van der Waals surface area contributed by atoms with Gasteiger partial charge in [-0.1, -0.05) is 46.8 Å². The van der Waals surface area contributed by atoms with Gasteiger partial charge >= 0.3 is 11.9 Å². The van der Waals surface area contributed by atoms with Crippen molar-refractivity contribution in [1.29, 1.82) is 0 Å². The first-order valence-corrected chi connectivity index (χ1v) is 8.45. The molecular weight excluding hydrogens is 384 g/mol. The smallest absolute Gasteiger partial charge is 0.338 e. The minimum Gasteiger partial charge on any atom is -0.426 e. The predicted molar refractivity (Wildman–Crippen MR) is 101 cm³/mol. The Labute approximate surface area is 155 Å². The summed E-state index contributed by atoms with van der Waals surface area (Å²) in [6.45, 7) is 8.60. The van der Waals surface area contributed by atoms with Crippen molar-refractivity contribution in [3.05, 3.63) is 60.7 Å². The Morgan fingerprint density at radius 3 is 1.64 bits per heavy atom. The molecule has 0 spiro atoms. The SMILES string of the molecule is C=C(C)C(=O)Oc1ccc(-c2ccc(OC(=O)C(C)(C)Br)cc2)cc1. The second-order valence-electron chi connectivity index (χ2n) is 6.08. The van der Waals surface area contributed by atoms with E-state index >= 15 is 0 Å². The highest BCUT2D eigenvalue weighted by molar-refractivity contribution is 9.10. The molecule has 0 heterocycles. The van der Waals surface area contributed by atoms with Gasteiger partial charge in [-0.15, -0.1) is 0 Å². The maximum absolute atomic E-state index is 11.8. The molecule has 2 rings (SSSR count). The molecule has 2 aromatic rings. The Hall–Kier alpha value is -2.40. The Morgan fingerprint density at radius 2 is 1.28 bits per heavy atom. The number of esters is 2. The fraction of sp³-hybridized carbons (Fsp3) is 0.200. The first kappa shape index (κ1) is 18.9. The van der Waals surface area contributed by atoms with E-state index in [1.165, 1.54) is 0 Å². The fourth-order valence-electron chi connectivity index (χ4n) is 1.85. The van der Waals surface area contributed by atoms with Crippen LogP contribution in [0.5, 0.6) is 11.5 Å². The summed E-state index contributed by atoms with van der Waals surface area (Å²) in [5.41, 5.74) is 2.25. The van der Waals surface area contributed by atoms with Crippen molar-refractivity contribution in [3.8, 4) is 22.6 Å². The van der Waals surface area contributed by atoms with Crippen molar-refractivity contribution in [2.75, 3.05) is 0 Å². The first-order chi connectivity index (χ1) is 11.7. The molecule has 0 N–H and O–H groups in total. The van der Waals surface area contributed by atoms with Gasteiger partial charge < -0.3 is 9.47 Å². The topological polar surface area (TPSA) is 52.6 Å². The molecule has 0 aromatic heterocycles. The lowest BCUT2D eigenvalue weighted by atomic mass is 10.1. The van der Waals surface area contributed by atoms with E-state index in [2.05, 4.69) is 22.5 Å². The number of hydrogen-bond acceptors (Lipinski definition) is 4. The number of carbonyl (C=O) groups excluding carboxylic acids is 2. The largest absolute Gasteiger partial charge is 0.426 e. The van der Waals surface area contributed by atoms with Gasteiger partial charge in [-0.25, -0.2) is 4.79 Å². The van der Waals surface area contributed by atoms with Crippen molar-refractivity contribution >= 4 is 27.9 Å². The van der Waals surface area contributed by atoms with Gasteiger partial charge in [-0.3, -0.25) is 4.79 Å².